The van der Waals surface area contributed by atoms with Crippen molar-refractivity contribution >= 4 is 62.3 Å². The zero-order valence-electron chi connectivity index (χ0n) is 19.3. The molecule has 8 nitrogen and oxygen atoms in total. The van der Waals surface area contributed by atoms with E-state index < -0.39 is 80.2 Å². The van der Waals surface area contributed by atoms with Gasteiger partial charge in [-0.2, -0.15) is 30.6 Å². The lowest BCUT2D eigenvalue weighted by Gasteiger charge is -2.38. The smallest absolute Gasteiger partial charge is 0.347 e. The van der Waals surface area contributed by atoms with Crippen LogP contribution in [-0.4, -0.2) is 55.3 Å². The van der Waals surface area contributed by atoms with Gasteiger partial charge in [-0.3, -0.25) is 15.1 Å². The SMILES string of the molecule is O=C(NC1CN(S(=O)(=O)C(F)(F)F)C1)c1cc(N=C2CC(c3cc(Cl)c(F)c(Cl)c3)(C(F)(F)F)ON2)ccc1Cl. The lowest BCUT2D eigenvalue weighted by molar-refractivity contribution is -0.282. The fourth-order valence-electron chi connectivity index (χ4n) is 3.84. The van der Waals surface area contributed by atoms with Crippen LogP contribution in [0.3, 0.4) is 0 Å². The summed E-state index contributed by atoms with van der Waals surface area (Å²) < 4.78 is 117. The summed E-state index contributed by atoms with van der Waals surface area (Å²) in [7, 11) is -5.54. The molecule has 2 N–H and O–H groups in total. The fraction of sp³-hybridized carbons (Fsp3) is 0.333. The van der Waals surface area contributed by atoms with Crippen molar-refractivity contribution in [2.75, 3.05) is 13.1 Å². The first-order valence-electron chi connectivity index (χ1n) is 10.8. The molecule has 1 unspecified atom stereocenters. The van der Waals surface area contributed by atoms with Gasteiger partial charge in [0.05, 0.1) is 38.8 Å². The average Bonchev–Trinajstić information content (AvgIpc) is 3.24. The second-order valence-electron chi connectivity index (χ2n) is 8.62. The number of alkyl halides is 6. The Labute approximate surface area is 236 Å². The van der Waals surface area contributed by atoms with Gasteiger partial charge in [-0.25, -0.2) is 17.8 Å². The molecule has 19 heteroatoms. The Morgan fingerprint density at radius 2 is 1.65 bits per heavy atom. The first kappa shape index (κ1) is 30.6. The highest BCUT2D eigenvalue weighted by Gasteiger charge is 2.62. The first-order chi connectivity index (χ1) is 18.4. The van der Waals surface area contributed by atoms with E-state index in [0.29, 0.717) is 12.1 Å². The van der Waals surface area contributed by atoms with Crippen molar-refractivity contribution in [2.24, 2.45) is 4.99 Å². The highest BCUT2D eigenvalue weighted by atomic mass is 35.5. The van der Waals surface area contributed by atoms with Crippen molar-refractivity contribution in [3.05, 3.63) is 62.3 Å². The van der Waals surface area contributed by atoms with Crippen molar-refractivity contribution in [2.45, 2.75) is 29.7 Å². The molecule has 0 bridgehead atoms. The summed E-state index contributed by atoms with van der Waals surface area (Å²) in [5, 5.41) is 0.864. The standard InChI is InChI=1S/C21H14Cl3F7N4O4S/c22-13-2-1-10(5-12(13)18(36)33-11-7-35(8-11)40(37,38)21(29,30)31)32-16-6-19(39-34-16,20(26,27)28)9-3-14(23)17(25)15(24)4-9/h1-5,11H,6-8H2,(H,32,34)(H,33,36). The van der Waals surface area contributed by atoms with Crippen molar-refractivity contribution in [1.29, 1.82) is 0 Å². The summed E-state index contributed by atoms with van der Waals surface area (Å²) in [6.45, 7) is -1.27. The third-order valence-corrected chi connectivity index (χ3v) is 8.38. The average molecular weight is 658 g/mol. The quantitative estimate of drug-likeness (QED) is 0.329. The summed E-state index contributed by atoms with van der Waals surface area (Å²) in [5.41, 5.74) is -7.39. The summed E-state index contributed by atoms with van der Waals surface area (Å²) in [5.74, 6) is -2.36. The van der Waals surface area contributed by atoms with E-state index in [1.807, 2.05) is 0 Å². The van der Waals surface area contributed by atoms with Crippen molar-refractivity contribution in [3.63, 3.8) is 0 Å². The number of hydroxylamine groups is 1. The number of amidine groups is 1. The molecule has 40 heavy (non-hydrogen) atoms. The van der Waals surface area contributed by atoms with Crippen LogP contribution in [0.4, 0.5) is 36.4 Å². The number of nitrogens with zero attached hydrogens (tertiary/aromatic N) is 2. The number of benzene rings is 2. The van der Waals surface area contributed by atoms with Crippen molar-refractivity contribution < 1.29 is 48.8 Å². The molecule has 4 rings (SSSR count). The first-order valence-corrected chi connectivity index (χ1v) is 13.3. The minimum absolute atomic E-state index is 0.0660. The minimum atomic E-state index is -5.54. The molecule has 0 aliphatic carbocycles. The third kappa shape index (κ3) is 5.56. The number of hydrogen-bond donors (Lipinski definition) is 2. The Bertz CT molecular complexity index is 1480. The summed E-state index contributed by atoms with van der Waals surface area (Å²) in [6.07, 6.45) is -5.98. The topological polar surface area (TPSA) is 100 Å². The number of amides is 1. The van der Waals surface area contributed by atoms with Gasteiger partial charge in [0.1, 0.15) is 5.84 Å². The highest BCUT2D eigenvalue weighted by molar-refractivity contribution is 7.90. The highest BCUT2D eigenvalue weighted by Crippen LogP contribution is 2.48. The van der Waals surface area contributed by atoms with Gasteiger partial charge in [0.2, 0.25) is 5.60 Å². The Hall–Kier alpha value is -2.37. The van der Waals surface area contributed by atoms with Crippen molar-refractivity contribution in [3.8, 4) is 0 Å². The third-order valence-electron chi connectivity index (χ3n) is 5.94. The Balaban J connectivity index is 1.53. The number of hydrogen-bond acceptors (Lipinski definition) is 5. The van der Waals surface area contributed by atoms with E-state index in [1.54, 1.807) is 0 Å². The zero-order valence-corrected chi connectivity index (χ0v) is 22.4. The Morgan fingerprint density at radius 3 is 2.20 bits per heavy atom. The second kappa shape index (κ2) is 10.5. The van der Waals surface area contributed by atoms with E-state index in [0.717, 1.165) is 6.07 Å². The van der Waals surface area contributed by atoms with E-state index in [1.165, 1.54) is 12.1 Å². The zero-order chi connectivity index (χ0) is 29.8. The number of sulfonamides is 1. The van der Waals surface area contributed by atoms with Crippen LogP contribution < -0.4 is 10.8 Å². The predicted molar refractivity (Wildman–Crippen MR) is 129 cm³/mol. The van der Waals surface area contributed by atoms with E-state index >= 15 is 0 Å². The molecule has 1 atom stereocenters. The van der Waals surface area contributed by atoms with Gasteiger partial charge >= 0.3 is 21.7 Å². The molecule has 2 aliphatic rings. The lowest BCUT2D eigenvalue weighted by Crippen LogP contribution is -2.62. The molecule has 0 spiro atoms. The van der Waals surface area contributed by atoms with Crippen LogP contribution in [0.1, 0.15) is 22.3 Å². The molecule has 2 heterocycles. The van der Waals surface area contributed by atoms with Crippen LogP contribution in [0.25, 0.3) is 0 Å². The molecule has 2 saturated heterocycles. The predicted octanol–water partition coefficient (Wildman–Crippen LogP) is 5.46. The second-order valence-corrected chi connectivity index (χ2v) is 11.8. The number of carbonyl (C=O) groups is 1. The van der Waals surface area contributed by atoms with E-state index in [-0.39, 0.29) is 26.4 Å². The maximum absolute atomic E-state index is 14.2. The number of halogens is 10. The number of carbonyl (C=O) groups excluding carboxylic acids is 1. The molecular formula is C21H14Cl3F7N4O4S. The molecule has 0 saturated carbocycles. The number of nitrogens with one attached hydrogen (secondary N) is 2. The number of rotatable bonds is 5. The molecule has 0 radical (unpaired) electrons. The van der Waals surface area contributed by atoms with Gasteiger partial charge in [0.25, 0.3) is 5.91 Å². The van der Waals surface area contributed by atoms with Crippen LogP contribution in [0, 0.1) is 5.82 Å². The summed E-state index contributed by atoms with van der Waals surface area (Å²) in [4.78, 5) is 21.5. The number of aliphatic imine (C=N–C) groups is 1. The van der Waals surface area contributed by atoms with E-state index in [9.17, 15) is 43.9 Å². The van der Waals surface area contributed by atoms with Crippen LogP contribution in [0.2, 0.25) is 15.1 Å². The van der Waals surface area contributed by atoms with Crippen LogP contribution >= 0.6 is 34.8 Å². The summed E-state index contributed by atoms with van der Waals surface area (Å²) in [6, 6.07) is 4.02. The van der Waals surface area contributed by atoms with Crippen LogP contribution in [0.5, 0.6) is 0 Å². The Kier molecular flexibility index (Phi) is 8.01. The molecule has 2 aromatic carbocycles. The maximum atomic E-state index is 14.2. The molecule has 218 valence electrons. The van der Waals surface area contributed by atoms with Gasteiger partial charge in [0, 0.05) is 13.1 Å². The normalized spacial score (nSPS) is 21.8. The van der Waals surface area contributed by atoms with E-state index in [4.69, 9.17) is 39.6 Å². The van der Waals surface area contributed by atoms with Crippen molar-refractivity contribution in [1.82, 2.24) is 15.1 Å². The minimum Gasteiger partial charge on any atom is -0.347 e. The molecule has 1 amide bonds. The lowest BCUT2D eigenvalue weighted by atomic mass is 9.90. The summed E-state index contributed by atoms with van der Waals surface area (Å²) >= 11 is 17.4. The monoisotopic (exact) mass is 656 g/mol. The van der Waals surface area contributed by atoms with Gasteiger partial charge in [0.15, 0.2) is 5.82 Å². The van der Waals surface area contributed by atoms with Gasteiger partial charge in [-0.15, -0.1) is 0 Å². The van der Waals surface area contributed by atoms with Crippen LogP contribution in [0.15, 0.2) is 35.3 Å². The Morgan fingerprint density at radius 1 is 1.05 bits per heavy atom. The largest absolute Gasteiger partial charge is 0.511 e. The molecule has 0 aromatic heterocycles. The van der Waals surface area contributed by atoms with Crippen LogP contribution in [-0.2, 0) is 20.5 Å². The molecular weight excluding hydrogens is 644 g/mol. The van der Waals surface area contributed by atoms with Gasteiger partial charge < -0.3 is 5.32 Å². The van der Waals surface area contributed by atoms with Gasteiger partial charge in [-0.05, 0) is 35.9 Å². The molecule has 2 aliphatic heterocycles. The molecule has 2 fully saturated rings. The fourth-order valence-corrected chi connectivity index (χ4v) is 5.57. The maximum Gasteiger partial charge on any atom is 0.511 e. The van der Waals surface area contributed by atoms with Gasteiger partial charge in [-0.1, -0.05) is 34.8 Å². The van der Waals surface area contributed by atoms with E-state index in [2.05, 4.69) is 15.8 Å². The molecule has 2 aromatic rings.